The van der Waals surface area contributed by atoms with E-state index < -0.39 is 0 Å². The number of benzene rings is 2. The van der Waals surface area contributed by atoms with Crippen molar-refractivity contribution in [2.24, 2.45) is 0 Å². The van der Waals surface area contributed by atoms with E-state index in [1.165, 1.54) is 16.8 Å². The molecule has 4 nitrogen and oxygen atoms in total. The van der Waals surface area contributed by atoms with E-state index in [0.29, 0.717) is 13.0 Å². The van der Waals surface area contributed by atoms with Crippen molar-refractivity contribution >= 4 is 16.8 Å². The maximum absolute atomic E-state index is 12.8. The summed E-state index contributed by atoms with van der Waals surface area (Å²) in [4.78, 5) is 18.2. The van der Waals surface area contributed by atoms with Gasteiger partial charge in [0.25, 0.3) is 0 Å². The fourth-order valence-corrected chi connectivity index (χ4v) is 3.70. The van der Waals surface area contributed by atoms with Crippen molar-refractivity contribution in [1.29, 1.82) is 0 Å². The first-order chi connectivity index (χ1) is 12.2. The standard InChI is InChI=1S/C21H22N2O2/c1-14-5-3-6-15(11-14)12-20(24)23-10-9-18-17(13-23)16-7-4-8-19(25-2)21(16)22-18/h3-8,11,22H,9-10,12-13H2,1-2H3. The first-order valence-corrected chi connectivity index (χ1v) is 8.65. The van der Waals surface area contributed by atoms with Crippen LogP contribution in [-0.4, -0.2) is 29.4 Å². The molecular weight excluding hydrogens is 312 g/mol. The Bertz CT molecular complexity index is 942. The van der Waals surface area contributed by atoms with Gasteiger partial charge in [0.1, 0.15) is 5.75 Å². The van der Waals surface area contributed by atoms with E-state index in [9.17, 15) is 4.79 Å². The van der Waals surface area contributed by atoms with Crippen LogP contribution in [0.3, 0.4) is 0 Å². The van der Waals surface area contributed by atoms with Gasteiger partial charge in [0.05, 0.1) is 19.0 Å². The van der Waals surface area contributed by atoms with Gasteiger partial charge in [-0.3, -0.25) is 4.79 Å². The number of rotatable bonds is 3. The maximum Gasteiger partial charge on any atom is 0.227 e. The molecule has 2 heterocycles. The third-order valence-corrected chi connectivity index (χ3v) is 4.98. The molecule has 4 rings (SSSR count). The van der Waals surface area contributed by atoms with Crippen molar-refractivity contribution in [3.63, 3.8) is 0 Å². The number of nitrogens with zero attached hydrogens (tertiary/aromatic N) is 1. The van der Waals surface area contributed by atoms with Crippen LogP contribution in [0.25, 0.3) is 10.9 Å². The molecule has 1 aromatic heterocycles. The highest BCUT2D eigenvalue weighted by Crippen LogP contribution is 2.32. The summed E-state index contributed by atoms with van der Waals surface area (Å²) in [6.07, 6.45) is 1.31. The van der Waals surface area contributed by atoms with Crippen LogP contribution in [0.15, 0.2) is 42.5 Å². The lowest BCUT2D eigenvalue weighted by Crippen LogP contribution is -2.36. The van der Waals surface area contributed by atoms with Gasteiger partial charge in [-0.15, -0.1) is 0 Å². The quantitative estimate of drug-likeness (QED) is 0.795. The summed E-state index contributed by atoms with van der Waals surface area (Å²) in [5, 5.41) is 1.16. The molecule has 1 aliphatic rings. The number of carbonyl (C=O) groups excluding carboxylic acids is 1. The number of para-hydroxylation sites is 1. The van der Waals surface area contributed by atoms with E-state index in [4.69, 9.17) is 4.74 Å². The van der Waals surface area contributed by atoms with E-state index in [-0.39, 0.29) is 5.91 Å². The zero-order valence-corrected chi connectivity index (χ0v) is 14.6. The van der Waals surface area contributed by atoms with Crippen molar-refractivity contribution in [2.75, 3.05) is 13.7 Å². The van der Waals surface area contributed by atoms with Gasteiger partial charge < -0.3 is 14.6 Å². The van der Waals surface area contributed by atoms with Crippen LogP contribution in [0, 0.1) is 6.92 Å². The van der Waals surface area contributed by atoms with Gasteiger partial charge in [-0.25, -0.2) is 0 Å². The highest BCUT2D eigenvalue weighted by molar-refractivity contribution is 5.90. The number of amides is 1. The van der Waals surface area contributed by atoms with E-state index in [1.807, 2.05) is 29.2 Å². The van der Waals surface area contributed by atoms with Crippen LogP contribution < -0.4 is 4.74 Å². The molecule has 0 radical (unpaired) electrons. The lowest BCUT2D eigenvalue weighted by Gasteiger charge is -2.27. The van der Waals surface area contributed by atoms with Gasteiger partial charge in [0.2, 0.25) is 5.91 Å². The molecule has 0 unspecified atom stereocenters. The Kier molecular flexibility index (Phi) is 3.96. The van der Waals surface area contributed by atoms with Gasteiger partial charge in [-0.1, -0.05) is 42.0 Å². The number of aryl methyl sites for hydroxylation is 1. The Morgan fingerprint density at radius 2 is 2.08 bits per heavy atom. The average molecular weight is 334 g/mol. The maximum atomic E-state index is 12.8. The second-order valence-electron chi connectivity index (χ2n) is 6.70. The number of aromatic nitrogens is 1. The molecule has 0 atom stereocenters. The van der Waals surface area contributed by atoms with Crippen molar-refractivity contribution < 1.29 is 9.53 Å². The summed E-state index contributed by atoms with van der Waals surface area (Å²) in [7, 11) is 1.69. The fraction of sp³-hybridized carbons (Fsp3) is 0.286. The van der Waals surface area contributed by atoms with E-state index >= 15 is 0 Å². The summed E-state index contributed by atoms with van der Waals surface area (Å²) in [6.45, 7) is 3.47. The summed E-state index contributed by atoms with van der Waals surface area (Å²) < 4.78 is 5.46. The first-order valence-electron chi connectivity index (χ1n) is 8.65. The second-order valence-corrected chi connectivity index (χ2v) is 6.70. The molecule has 0 aliphatic carbocycles. The molecule has 0 saturated carbocycles. The van der Waals surface area contributed by atoms with Crippen LogP contribution in [-0.2, 0) is 24.2 Å². The molecule has 1 N–H and O–H groups in total. The smallest absolute Gasteiger partial charge is 0.227 e. The van der Waals surface area contributed by atoms with Crippen LogP contribution in [0.1, 0.15) is 22.4 Å². The number of methoxy groups -OCH3 is 1. The summed E-state index contributed by atoms with van der Waals surface area (Å²) in [5.41, 5.74) is 5.74. The minimum atomic E-state index is 0.188. The molecule has 4 heteroatoms. The fourth-order valence-electron chi connectivity index (χ4n) is 3.70. The van der Waals surface area contributed by atoms with Crippen LogP contribution in [0.5, 0.6) is 5.75 Å². The Balaban J connectivity index is 1.59. The number of aromatic amines is 1. The molecule has 0 fully saturated rings. The third kappa shape index (κ3) is 2.88. The minimum absolute atomic E-state index is 0.188. The summed E-state index contributed by atoms with van der Waals surface area (Å²) >= 11 is 0. The molecule has 0 saturated heterocycles. The number of hydrogen-bond donors (Lipinski definition) is 1. The van der Waals surface area contributed by atoms with E-state index in [1.54, 1.807) is 7.11 Å². The molecule has 3 aromatic rings. The normalized spacial score (nSPS) is 13.8. The van der Waals surface area contributed by atoms with Gasteiger partial charge >= 0.3 is 0 Å². The average Bonchev–Trinajstić information content (AvgIpc) is 2.99. The van der Waals surface area contributed by atoms with Crippen molar-refractivity contribution in [3.8, 4) is 5.75 Å². The number of H-pyrrole nitrogens is 1. The van der Waals surface area contributed by atoms with E-state index in [2.05, 4.69) is 30.1 Å². The molecule has 1 amide bonds. The number of carbonyl (C=O) groups is 1. The Labute approximate surface area is 147 Å². The lowest BCUT2D eigenvalue weighted by molar-refractivity contribution is -0.131. The van der Waals surface area contributed by atoms with Gasteiger partial charge in [-0.05, 0) is 18.6 Å². The van der Waals surface area contributed by atoms with Gasteiger partial charge in [0.15, 0.2) is 0 Å². The Hall–Kier alpha value is -2.75. The first kappa shape index (κ1) is 15.8. The predicted octanol–water partition coefficient (Wildman–Crippen LogP) is 3.61. The highest BCUT2D eigenvalue weighted by Gasteiger charge is 2.24. The third-order valence-electron chi connectivity index (χ3n) is 4.98. The SMILES string of the molecule is COc1cccc2c3c([nH]c12)CCN(C(=O)Cc1cccc(C)c1)C3. The van der Waals surface area contributed by atoms with Crippen LogP contribution >= 0.6 is 0 Å². The minimum Gasteiger partial charge on any atom is -0.495 e. The molecule has 0 spiro atoms. The zero-order valence-electron chi connectivity index (χ0n) is 14.6. The Morgan fingerprint density at radius 1 is 1.24 bits per heavy atom. The lowest BCUT2D eigenvalue weighted by atomic mass is 10.0. The number of fused-ring (bicyclic) bond motifs is 3. The molecule has 1 aliphatic heterocycles. The summed E-state index contributed by atoms with van der Waals surface area (Å²) in [6, 6.07) is 14.2. The van der Waals surface area contributed by atoms with Crippen molar-refractivity contribution in [2.45, 2.75) is 26.3 Å². The summed E-state index contributed by atoms with van der Waals surface area (Å²) in [5.74, 6) is 1.04. The number of hydrogen-bond acceptors (Lipinski definition) is 2. The zero-order chi connectivity index (χ0) is 17.4. The molecular formula is C21H22N2O2. The van der Waals surface area contributed by atoms with Crippen LogP contribution in [0.2, 0.25) is 0 Å². The Morgan fingerprint density at radius 3 is 2.88 bits per heavy atom. The predicted molar refractivity (Wildman–Crippen MR) is 98.9 cm³/mol. The monoisotopic (exact) mass is 334 g/mol. The number of nitrogens with one attached hydrogen (secondary N) is 1. The van der Waals surface area contributed by atoms with Crippen molar-refractivity contribution in [1.82, 2.24) is 9.88 Å². The van der Waals surface area contributed by atoms with E-state index in [0.717, 1.165) is 35.2 Å². The second kappa shape index (κ2) is 6.28. The highest BCUT2D eigenvalue weighted by atomic mass is 16.5. The molecule has 25 heavy (non-hydrogen) atoms. The molecule has 2 aromatic carbocycles. The number of ether oxygens (including phenoxy) is 1. The van der Waals surface area contributed by atoms with Crippen LogP contribution in [0.4, 0.5) is 0 Å². The molecule has 0 bridgehead atoms. The topological polar surface area (TPSA) is 45.3 Å². The van der Waals surface area contributed by atoms with Crippen molar-refractivity contribution in [3.05, 3.63) is 64.8 Å². The largest absolute Gasteiger partial charge is 0.495 e. The van der Waals surface area contributed by atoms with Gasteiger partial charge in [0, 0.05) is 36.2 Å². The molecule has 128 valence electrons. The van der Waals surface area contributed by atoms with Gasteiger partial charge in [-0.2, -0.15) is 0 Å².